The summed E-state index contributed by atoms with van der Waals surface area (Å²) in [7, 11) is 0. The van der Waals surface area contributed by atoms with E-state index in [0.29, 0.717) is 17.5 Å². The number of aromatic nitrogens is 4. The van der Waals surface area contributed by atoms with Gasteiger partial charge in [0.05, 0.1) is 11.0 Å². The van der Waals surface area contributed by atoms with Gasteiger partial charge in [-0.25, -0.2) is 15.0 Å². The molecule has 9 aromatic carbocycles. The van der Waals surface area contributed by atoms with Crippen molar-refractivity contribution >= 4 is 21.8 Å². The topological polar surface area (TPSA) is 43.6 Å². The number of nitrogens with zero attached hydrogens (tertiary/aromatic N) is 4. The molecule has 0 spiro atoms. The third-order valence-corrected chi connectivity index (χ3v) is 13.1. The van der Waals surface area contributed by atoms with Crippen LogP contribution in [0.1, 0.15) is 25.0 Å². The van der Waals surface area contributed by atoms with Gasteiger partial charge in [-0.1, -0.05) is 196 Å². The third-order valence-electron chi connectivity index (χ3n) is 13.1. The first kappa shape index (κ1) is 37.5. The average molecular weight is 819 g/mol. The summed E-state index contributed by atoms with van der Waals surface area (Å²) in [5.74, 6) is 1.94. The van der Waals surface area contributed by atoms with E-state index >= 15 is 0 Å². The van der Waals surface area contributed by atoms with E-state index in [1.165, 1.54) is 60.8 Å². The van der Waals surface area contributed by atoms with Crippen molar-refractivity contribution in [1.82, 2.24) is 19.5 Å². The standard InChI is InChI=1S/C60H42N4/c1-60(2)52-26-13-12-24-49(52)56-48(25-15-27-53(56)60)46-33-35-55-51(38-46)50-37-45(32-34-54(50)64(55)47-23-14-22-44(36-47)39-16-6-3-7-17-39)40-28-30-43(31-29-40)59-62-57(41-18-8-4-9-19-41)61-58(63-59)42-20-10-5-11-21-42/h3-38H,1-2H3. The molecule has 0 unspecified atom stereocenters. The van der Waals surface area contributed by atoms with Gasteiger partial charge in [0, 0.05) is 38.6 Å². The molecule has 1 aliphatic rings. The SMILES string of the molecule is CC1(C)c2ccccc2-c2c(-c3ccc4c(c3)c3cc(-c5ccc(-c6nc(-c7ccccc7)nc(-c7ccccc7)n6)cc5)ccc3n4-c3cccc(-c4ccccc4)c3)cccc21. The van der Waals surface area contributed by atoms with Crippen LogP contribution in [0.3, 0.4) is 0 Å². The lowest BCUT2D eigenvalue weighted by atomic mass is 9.82. The highest BCUT2D eigenvalue weighted by Crippen LogP contribution is 2.52. The molecule has 2 heterocycles. The highest BCUT2D eigenvalue weighted by atomic mass is 15.0. The van der Waals surface area contributed by atoms with Crippen LogP contribution in [0.25, 0.3) is 106 Å². The first-order valence-electron chi connectivity index (χ1n) is 21.9. The summed E-state index contributed by atoms with van der Waals surface area (Å²) in [6.07, 6.45) is 0. The van der Waals surface area contributed by atoms with Crippen molar-refractivity contribution in [2.45, 2.75) is 19.3 Å². The minimum Gasteiger partial charge on any atom is -0.309 e. The van der Waals surface area contributed by atoms with Crippen LogP contribution in [0, 0.1) is 0 Å². The molecule has 0 fully saturated rings. The smallest absolute Gasteiger partial charge is 0.164 e. The minimum absolute atomic E-state index is 0.0752. The number of hydrogen-bond acceptors (Lipinski definition) is 3. The van der Waals surface area contributed by atoms with Gasteiger partial charge in [0.15, 0.2) is 17.5 Å². The van der Waals surface area contributed by atoms with Crippen LogP contribution < -0.4 is 0 Å². The van der Waals surface area contributed by atoms with Gasteiger partial charge in [0.1, 0.15) is 0 Å². The van der Waals surface area contributed by atoms with Gasteiger partial charge in [-0.2, -0.15) is 0 Å². The number of benzene rings is 9. The van der Waals surface area contributed by atoms with Crippen LogP contribution >= 0.6 is 0 Å². The van der Waals surface area contributed by atoms with Gasteiger partial charge in [-0.05, 0) is 92.0 Å². The van der Waals surface area contributed by atoms with Crippen LogP contribution in [-0.4, -0.2) is 19.5 Å². The molecule has 0 bridgehead atoms. The molecule has 0 atom stereocenters. The molecule has 64 heavy (non-hydrogen) atoms. The largest absolute Gasteiger partial charge is 0.309 e. The van der Waals surface area contributed by atoms with Gasteiger partial charge >= 0.3 is 0 Å². The van der Waals surface area contributed by atoms with Gasteiger partial charge < -0.3 is 4.57 Å². The Kier molecular flexibility index (Phi) is 8.80. The van der Waals surface area contributed by atoms with Crippen LogP contribution in [0.5, 0.6) is 0 Å². The van der Waals surface area contributed by atoms with E-state index in [-0.39, 0.29) is 5.41 Å². The van der Waals surface area contributed by atoms with Crippen molar-refractivity contribution in [1.29, 1.82) is 0 Å². The average Bonchev–Trinajstić information content (AvgIpc) is 3.82. The summed E-state index contributed by atoms with van der Waals surface area (Å²) in [5.41, 5.74) is 18.8. The maximum atomic E-state index is 4.98. The predicted molar refractivity (Wildman–Crippen MR) is 264 cm³/mol. The third kappa shape index (κ3) is 6.26. The quantitative estimate of drug-likeness (QED) is 0.161. The predicted octanol–water partition coefficient (Wildman–Crippen LogP) is 15.3. The minimum atomic E-state index is -0.0752. The van der Waals surface area contributed by atoms with E-state index < -0.39 is 0 Å². The molecular weight excluding hydrogens is 777 g/mol. The molecule has 11 aromatic rings. The van der Waals surface area contributed by atoms with Crippen LogP contribution in [0.15, 0.2) is 218 Å². The summed E-state index contributed by atoms with van der Waals surface area (Å²) in [6, 6.07) is 78.1. The summed E-state index contributed by atoms with van der Waals surface area (Å²) < 4.78 is 2.43. The Morgan fingerprint density at radius 3 is 1.39 bits per heavy atom. The second-order valence-electron chi connectivity index (χ2n) is 17.2. The Labute approximate surface area is 372 Å². The molecule has 302 valence electrons. The van der Waals surface area contributed by atoms with Crippen LogP contribution in [0.2, 0.25) is 0 Å². The molecule has 4 nitrogen and oxygen atoms in total. The lowest BCUT2D eigenvalue weighted by Crippen LogP contribution is -2.14. The van der Waals surface area contributed by atoms with Crippen molar-refractivity contribution < 1.29 is 0 Å². The fourth-order valence-electron chi connectivity index (χ4n) is 9.85. The van der Waals surface area contributed by atoms with E-state index in [4.69, 9.17) is 15.0 Å². The Morgan fingerprint density at radius 2 is 0.750 bits per heavy atom. The Morgan fingerprint density at radius 1 is 0.328 bits per heavy atom. The number of fused-ring (bicyclic) bond motifs is 6. The van der Waals surface area contributed by atoms with Crippen molar-refractivity contribution in [3.05, 3.63) is 230 Å². The fraction of sp³-hybridized carbons (Fsp3) is 0.0500. The number of hydrogen-bond donors (Lipinski definition) is 0. The lowest BCUT2D eigenvalue weighted by Gasteiger charge is -2.21. The molecule has 0 aliphatic heterocycles. The molecule has 0 radical (unpaired) electrons. The van der Waals surface area contributed by atoms with E-state index in [1.807, 2.05) is 60.7 Å². The zero-order valence-electron chi connectivity index (χ0n) is 35.6. The number of rotatable bonds is 7. The zero-order valence-corrected chi connectivity index (χ0v) is 35.6. The van der Waals surface area contributed by atoms with E-state index in [0.717, 1.165) is 39.0 Å². The van der Waals surface area contributed by atoms with Crippen molar-refractivity contribution in [3.63, 3.8) is 0 Å². The van der Waals surface area contributed by atoms with Crippen LogP contribution in [-0.2, 0) is 5.41 Å². The van der Waals surface area contributed by atoms with Crippen LogP contribution in [0.4, 0.5) is 0 Å². The van der Waals surface area contributed by atoms with Gasteiger partial charge in [-0.15, -0.1) is 0 Å². The van der Waals surface area contributed by atoms with E-state index in [1.54, 1.807) is 0 Å². The second-order valence-corrected chi connectivity index (χ2v) is 17.2. The summed E-state index contributed by atoms with van der Waals surface area (Å²) in [4.78, 5) is 14.9. The van der Waals surface area contributed by atoms with E-state index in [2.05, 4.69) is 176 Å². The van der Waals surface area contributed by atoms with Crippen molar-refractivity contribution in [2.75, 3.05) is 0 Å². The maximum Gasteiger partial charge on any atom is 0.164 e. The summed E-state index contributed by atoms with van der Waals surface area (Å²) >= 11 is 0. The van der Waals surface area contributed by atoms with E-state index in [9.17, 15) is 0 Å². The Bertz CT molecular complexity index is 3490. The highest BCUT2D eigenvalue weighted by Gasteiger charge is 2.36. The fourth-order valence-corrected chi connectivity index (χ4v) is 9.85. The summed E-state index contributed by atoms with van der Waals surface area (Å²) in [5, 5.41) is 2.42. The molecule has 0 N–H and O–H groups in total. The van der Waals surface area contributed by atoms with Gasteiger partial charge in [0.2, 0.25) is 0 Å². The molecule has 0 saturated heterocycles. The van der Waals surface area contributed by atoms with Crippen molar-refractivity contribution in [3.8, 4) is 84.4 Å². The summed E-state index contributed by atoms with van der Waals surface area (Å²) in [6.45, 7) is 4.70. The van der Waals surface area contributed by atoms with Gasteiger partial charge in [0.25, 0.3) is 0 Å². The monoisotopic (exact) mass is 818 g/mol. The Hall–Kier alpha value is -8.21. The first-order valence-corrected chi connectivity index (χ1v) is 21.9. The van der Waals surface area contributed by atoms with Crippen molar-refractivity contribution in [2.24, 2.45) is 0 Å². The molecule has 0 saturated carbocycles. The molecule has 1 aliphatic carbocycles. The molecule has 2 aromatic heterocycles. The first-order chi connectivity index (χ1) is 31.5. The lowest BCUT2D eigenvalue weighted by molar-refractivity contribution is 0.660. The second kappa shape index (κ2) is 15.0. The zero-order chi connectivity index (χ0) is 42.8. The normalized spacial score (nSPS) is 12.7. The molecule has 12 rings (SSSR count). The molecule has 0 amide bonds. The Balaban J connectivity index is 1.00. The molecule has 4 heteroatoms. The maximum absolute atomic E-state index is 4.98. The highest BCUT2D eigenvalue weighted by molar-refractivity contribution is 6.12. The molecular formula is C60H42N4. The van der Waals surface area contributed by atoms with Gasteiger partial charge in [-0.3, -0.25) is 0 Å².